The number of carbonyl (C=O) groups is 2. The van der Waals surface area contributed by atoms with Crippen LogP contribution in [0.2, 0.25) is 0 Å². The Labute approximate surface area is 200 Å². The maximum atomic E-state index is 13.5. The average molecular weight is 489 g/mol. The van der Waals surface area contributed by atoms with Gasteiger partial charge in [-0.2, -0.15) is 0 Å². The number of allylic oxidation sites excluding steroid dienone is 1. The molecule has 2 heterocycles. The second kappa shape index (κ2) is 9.99. The molecule has 2 aliphatic rings. The lowest BCUT2D eigenvalue weighted by Gasteiger charge is -2.31. The number of benzene rings is 2. The fourth-order valence-corrected chi connectivity index (χ4v) is 4.56. The first kappa shape index (κ1) is 24.6. The van der Waals surface area contributed by atoms with Crippen molar-refractivity contribution in [1.82, 2.24) is 15.1 Å². The van der Waals surface area contributed by atoms with Crippen LogP contribution >= 0.6 is 0 Å². The highest BCUT2D eigenvalue weighted by Gasteiger charge is 2.44. The van der Waals surface area contributed by atoms with Crippen LogP contribution in [0.15, 0.2) is 66.1 Å². The van der Waals surface area contributed by atoms with Gasteiger partial charge in [0, 0.05) is 38.1 Å². The van der Waals surface area contributed by atoms with Crippen LogP contribution in [-0.4, -0.2) is 46.6 Å². The van der Waals surface area contributed by atoms with Crippen molar-refractivity contribution in [3.8, 4) is 5.75 Å². The molecule has 2 atom stereocenters. The van der Waals surface area contributed by atoms with Crippen LogP contribution in [0.5, 0.6) is 5.75 Å². The quantitative estimate of drug-likeness (QED) is 0.618. The van der Waals surface area contributed by atoms with E-state index < -0.39 is 24.2 Å². The molecule has 0 aromatic heterocycles. The van der Waals surface area contributed by atoms with Crippen LogP contribution in [0.3, 0.4) is 0 Å². The second-order valence-corrected chi connectivity index (χ2v) is 8.53. The zero-order valence-corrected chi connectivity index (χ0v) is 19.1. The minimum absolute atomic E-state index is 0.0532. The Morgan fingerprint density at radius 2 is 1.77 bits per heavy atom. The van der Waals surface area contributed by atoms with E-state index in [-0.39, 0.29) is 48.3 Å². The summed E-state index contributed by atoms with van der Waals surface area (Å²) in [6, 6.07) is 15.0. The molecule has 0 saturated heterocycles. The minimum Gasteiger partial charge on any atom is -0.405 e. The standard InChI is InChI=1S/C25H26F3N3O4/c1-30-23-21(19(33)14-17(24(30)34)10-7-13-32)31(15-16-8-3-2-4-9-16)22(29-23)18-11-5-6-12-20(18)35-25(26,27)28/h2-6,8-9,11-12,17,22,29,32H,7,10,13-15H2,1H3. The highest BCUT2D eigenvalue weighted by Crippen LogP contribution is 2.41. The van der Waals surface area contributed by atoms with E-state index >= 15 is 0 Å². The summed E-state index contributed by atoms with van der Waals surface area (Å²) in [6.45, 7) is 0.123. The summed E-state index contributed by atoms with van der Waals surface area (Å²) < 4.78 is 43.7. The fraction of sp³-hybridized carbons (Fsp3) is 0.360. The molecular formula is C25H26F3N3O4. The van der Waals surface area contributed by atoms with Gasteiger partial charge in [-0.25, -0.2) is 0 Å². The molecule has 2 unspecified atom stereocenters. The van der Waals surface area contributed by atoms with Gasteiger partial charge >= 0.3 is 6.36 Å². The van der Waals surface area contributed by atoms with Gasteiger partial charge in [0.05, 0.1) is 0 Å². The number of hydrogen-bond donors (Lipinski definition) is 2. The fourth-order valence-electron chi connectivity index (χ4n) is 4.56. The highest BCUT2D eigenvalue weighted by atomic mass is 19.4. The largest absolute Gasteiger partial charge is 0.573 e. The number of amides is 1. The first-order chi connectivity index (χ1) is 16.7. The zero-order chi connectivity index (χ0) is 25.2. The number of ketones is 1. The number of hydrogen-bond acceptors (Lipinski definition) is 6. The summed E-state index contributed by atoms with van der Waals surface area (Å²) in [4.78, 5) is 29.6. The first-order valence-corrected chi connectivity index (χ1v) is 11.3. The lowest BCUT2D eigenvalue weighted by atomic mass is 9.95. The van der Waals surface area contributed by atoms with Crippen molar-refractivity contribution < 1.29 is 32.6 Å². The van der Waals surface area contributed by atoms with Crippen LogP contribution in [0.1, 0.15) is 36.6 Å². The molecule has 35 heavy (non-hydrogen) atoms. The summed E-state index contributed by atoms with van der Waals surface area (Å²) in [7, 11) is 1.54. The minimum atomic E-state index is -4.90. The van der Waals surface area contributed by atoms with Gasteiger partial charge in [0.15, 0.2) is 5.78 Å². The van der Waals surface area contributed by atoms with Crippen LogP contribution < -0.4 is 10.1 Å². The first-order valence-electron chi connectivity index (χ1n) is 11.3. The molecule has 1 amide bonds. The Hall–Kier alpha value is -3.53. The molecule has 0 aliphatic carbocycles. The third kappa shape index (κ3) is 5.27. The Kier molecular flexibility index (Phi) is 7.02. The SMILES string of the molecule is CN1C(=O)C(CCCO)CC(=O)C2=C1NC(c1ccccc1OC(F)(F)F)N2Cc1ccccc1. The number of aliphatic hydroxyl groups is 1. The van der Waals surface area contributed by atoms with E-state index in [0.29, 0.717) is 12.8 Å². The Morgan fingerprint density at radius 1 is 1.09 bits per heavy atom. The highest BCUT2D eigenvalue weighted by molar-refractivity contribution is 6.01. The van der Waals surface area contributed by atoms with E-state index in [1.165, 1.54) is 30.1 Å². The van der Waals surface area contributed by atoms with Crippen LogP contribution in [-0.2, 0) is 16.1 Å². The van der Waals surface area contributed by atoms with Gasteiger partial charge in [-0.3, -0.25) is 14.5 Å². The topological polar surface area (TPSA) is 82.1 Å². The van der Waals surface area contributed by atoms with E-state index in [1.807, 2.05) is 30.3 Å². The molecule has 0 radical (unpaired) electrons. The number of para-hydroxylation sites is 1. The third-order valence-electron chi connectivity index (χ3n) is 6.15. The van der Waals surface area contributed by atoms with Crippen molar-refractivity contribution in [3.63, 3.8) is 0 Å². The summed E-state index contributed by atoms with van der Waals surface area (Å²) in [6.07, 6.45) is -5.09. The molecule has 2 N–H and O–H groups in total. The molecule has 2 aliphatic heterocycles. The Balaban J connectivity index is 1.76. The average Bonchev–Trinajstić information content (AvgIpc) is 3.15. The van der Waals surface area contributed by atoms with Crippen molar-refractivity contribution in [3.05, 3.63) is 77.2 Å². The van der Waals surface area contributed by atoms with Gasteiger partial charge < -0.3 is 20.1 Å². The van der Waals surface area contributed by atoms with Crippen LogP contribution in [0.25, 0.3) is 0 Å². The maximum absolute atomic E-state index is 13.5. The van der Waals surface area contributed by atoms with Crippen LogP contribution in [0.4, 0.5) is 13.2 Å². The van der Waals surface area contributed by atoms with E-state index in [9.17, 15) is 27.9 Å². The molecular weight excluding hydrogens is 463 g/mol. The lowest BCUT2D eigenvalue weighted by molar-refractivity contribution is -0.275. The molecule has 186 valence electrons. The maximum Gasteiger partial charge on any atom is 0.573 e. The number of nitrogens with zero attached hydrogens (tertiary/aromatic N) is 2. The van der Waals surface area contributed by atoms with Crippen molar-refractivity contribution in [1.29, 1.82) is 0 Å². The number of ether oxygens (including phenoxy) is 1. The predicted octanol–water partition coefficient (Wildman–Crippen LogP) is 3.68. The number of nitrogens with one attached hydrogen (secondary N) is 1. The number of halogens is 3. The molecule has 7 nitrogen and oxygen atoms in total. The number of rotatable bonds is 7. The Bertz CT molecular complexity index is 1120. The molecule has 0 bridgehead atoms. The van der Waals surface area contributed by atoms with Crippen LogP contribution in [0, 0.1) is 5.92 Å². The van der Waals surface area contributed by atoms with Gasteiger partial charge in [0.2, 0.25) is 5.91 Å². The van der Waals surface area contributed by atoms with E-state index in [2.05, 4.69) is 10.1 Å². The number of alkyl halides is 3. The zero-order valence-electron chi connectivity index (χ0n) is 19.1. The molecule has 10 heteroatoms. The molecule has 2 aromatic carbocycles. The smallest absolute Gasteiger partial charge is 0.405 e. The Morgan fingerprint density at radius 3 is 2.46 bits per heavy atom. The summed E-state index contributed by atoms with van der Waals surface area (Å²) in [5, 5.41) is 12.3. The number of aliphatic hydroxyl groups excluding tert-OH is 1. The predicted molar refractivity (Wildman–Crippen MR) is 120 cm³/mol. The van der Waals surface area contributed by atoms with Gasteiger partial charge in [0.1, 0.15) is 23.4 Å². The molecule has 2 aromatic rings. The van der Waals surface area contributed by atoms with E-state index in [1.54, 1.807) is 11.0 Å². The number of Topliss-reactive ketones (excluding diaryl/α,β-unsaturated/α-hetero) is 1. The van der Waals surface area contributed by atoms with Crippen molar-refractivity contribution >= 4 is 11.7 Å². The molecule has 0 saturated carbocycles. The van der Waals surface area contributed by atoms with Crippen molar-refractivity contribution in [2.24, 2.45) is 5.92 Å². The van der Waals surface area contributed by atoms with Crippen molar-refractivity contribution in [2.75, 3.05) is 13.7 Å². The van der Waals surface area contributed by atoms with E-state index in [0.717, 1.165) is 5.56 Å². The summed E-state index contributed by atoms with van der Waals surface area (Å²) >= 11 is 0. The monoisotopic (exact) mass is 489 g/mol. The summed E-state index contributed by atoms with van der Waals surface area (Å²) in [5.74, 6) is -1.32. The molecule has 0 fully saturated rings. The summed E-state index contributed by atoms with van der Waals surface area (Å²) in [5.41, 5.74) is 1.26. The molecule has 4 rings (SSSR count). The van der Waals surface area contributed by atoms with Gasteiger partial charge in [-0.1, -0.05) is 48.5 Å². The van der Waals surface area contributed by atoms with E-state index in [4.69, 9.17) is 0 Å². The third-order valence-corrected chi connectivity index (χ3v) is 6.15. The number of carbonyl (C=O) groups excluding carboxylic acids is 2. The van der Waals surface area contributed by atoms with Crippen molar-refractivity contribution in [2.45, 2.75) is 38.3 Å². The van der Waals surface area contributed by atoms with Gasteiger partial charge in [-0.15, -0.1) is 13.2 Å². The second-order valence-electron chi connectivity index (χ2n) is 8.53. The molecule has 0 spiro atoms. The normalized spacial score (nSPS) is 20.6. The lowest BCUT2D eigenvalue weighted by Crippen LogP contribution is -2.38. The van der Waals surface area contributed by atoms with Gasteiger partial charge in [0.25, 0.3) is 0 Å². The van der Waals surface area contributed by atoms with Gasteiger partial charge in [-0.05, 0) is 24.5 Å².